The molecule has 1 amide bonds. The average Bonchev–Trinajstić information content (AvgIpc) is 3.15. The molecule has 1 N–H and O–H groups in total. The molecule has 0 saturated carbocycles. The molecule has 1 heterocycles. The molecule has 0 unspecified atom stereocenters. The van der Waals surface area contributed by atoms with Crippen LogP contribution in [0.15, 0.2) is 53.1 Å². The Kier molecular flexibility index (Phi) is 6.45. The first-order chi connectivity index (χ1) is 13.7. The Hall–Kier alpha value is -2.57. The standard InChI is InChI=1S/C21H21Cl2N3O3/c1-21(2,3)18(20-25-19(26-29-20)13-7-5-4-6-8-13)24-17(27)12-28-16-10-9-14(22)11-15(16)23/h4-11,18H,12H2,1-3H3,(H,24,27)/t18-/m0/s1. The van der Waals surface area contributed by atoms with E-state index in [9.17, 15) is 4.79 Å². The highest BCUT2D eigenvalue weighted by Crippen LogP contribution is 2.33. The van der Waals surface area contributed by atoms with Crippen LogP contribution in [0.3, 0.4) is 0 Å². The minimum absolute atomic E-state index is 0.215. The zero-order chi connectivity index (χ0) is 21.0. The summed E-state index contributed by atoms with van der Waals surface area (Å²) >= 11 is 11.9. The van der Waals surface area contributed by atoms with Crippen molar-refractivity contribution in [2.75, 3.05) is 6.61 Å². The van der Waals surface area contributed by atoms with Gasteiger partial charge in [0, 0.05) is 10.6 Å². The number of rotatable bonds is 6. The number of nitrogens with one attached hydrogen (secondary N) is 1. The molecule has 152 valence electrons. The van der Waals surface area contributed by atoms with E-state index in [0.29, 0.717) is 27.5 Å². The van der Waals surface area contributed by atoms with Crippen LogP contribution in [0.25, 0.3) is 11.4 Å². The lowest BCUT2D eigenvalue weighted by Gasteiger charge is -2.28. The molecule has 0 fully saturated rings. The summed E-state index contributed by atoms with van der Waals surface area (Å²) in [5.41, 5.74) is 0.468. The highest BCUT2D eigenvalue weighted by molar-refractivity contribution is 6.35. The lowest BCUT2D eigenvalue weighted by molar-refractivity contribution is -0.124. The van der Waals surface area contributed by atoms with Gasteiger partial charge in [-0.2, -0.15) is 4.98 Å². The first-order valence-electron chi connectivity index (χ1n) is 9.00. The molecule has 2 aromatic carbocycles. The Labute approximate surface area is 179 Å². The van der Waals surface area contributed by atoms with Crippen molar-refractivity contribution >= 4 is 29.1 Å². The molecular formula is C21H21Cl2N3O3. The maximum absolute atomic E-state index is 12.5. The van der Waals surface area contributed by atoms with Gasteiger partial charge in [0.05, 0.1) is 5.02 Å². The van der Waals surface area contributed by atoms with Crippen molar-refractivity contribution in [3.63, 3.8) is 0 Å². The highest BCUT2D eigenvalue weighted by atomic mass is 35.5. The van der Waals surface area contributed by atoms with Crippen molar-refractivity contribution in [1.82, 2.24) is 15.5 Å². The van der Waals surface area contributed by atoms with Gasteiger partial charge in [-0.05, 0) is 23.6 Å². The van der Waals surface area contributed by atoms with Crippen molar-refractivity contribution in [2.45, 2.75) is 26.8 Å². The van der Waals surface area contributed by atoms with E-state index >= 15 is 0 Å². The van der Waals surface area contributed by atoms with Crippen LogP contribution in [-0.4, -0.2) is 22.7 Å². The van der Waals surface area contributed by atoms with Crippen molar-refractivity contribution in [3.8, 4) is 17.1 Å². The van der Waals surface area contributed by atoms with E-state index in [1.165, 1.54) is 0 Å². The lowest BCUT2D eigenvalue weighted by atomic mass is 9.86. The minimum Gasteiger partial charge on any atom is -0.482 e. The molecule has 6 nitrogen and oxygen atoms in total. The van der Waals surface area contributed by atoms with E-state index in [1.54, 1.807) is 18.2 Å². The molecule has 3 aromatic rings. The summed E-state index contributed by atoms with van der Waals surface area (Å²) < 4.78 is 11.0. The molecule has 0 bridgehead atoms. The van der Waals surface area contributed by atoms with Crippen LogP contribution in [0.5, 0.6) is 5.75 Å². The fourth-order valence-electron chi connectivity index (χ4n) is 2.64. The van der Waals surface area contributed by atoms with Crippen LogP contribution in [0, 0.1) is 5.41 Å². The maximum atomic E-state index is 12.5. The SMILES string of the molecule is CC(C)(C)[C@@H](NC(=O)COc1ccc(Cl)cc1Cl)c1nc(-c2ccccc2)no1. The van der Waals surface area contributed by atoms with E-state index in [-0.39, 0.29) is 17.9 Å². The van der Waals surface area contributed by atoms with E-state index in [4.69, 9.17) is 32.5 Å². The van der Waals surface area contributed by atoms with Gasteiger partial charge in [-0.1, -0.05) is 79.5 Å². The molecule has 0 spiro atoms. The molecule has 29 heavy (non-hydrogen) atoms. The Morgan fingerprint density at radius 2 is 1.90 bits per heavy atom. The number of benzene rings is 2. The van der Waals surface area contributed by atoms with Gasteiger partial charge in [0.1, 0.15) is 11.8 Å². The summed E-state index contributed by atoms with van der Waals surface area (Å²) in [5, 5.41) is 7.78. The second-order valence-electron chi connectivity index (χ2n) is 7.55. The van der Waals surface area contributed by atoms with Gasteiger partial charge in [-0.25, -0.2) is 0 Å². The van der Waals surface area contributed by atoms with Gasteiger partial charge in [0.2, 0.25) is 11.7 Å². The number of ether oxygens (including phenoxy) is 1. The van der Waals surface area contributed by atoms with Crippen LogP contribution in [0.1, 0.15) is 32.7 Å². The van der Waals surface area contributed by atoms with Gasteiger partial charge in [0.15, 0.2) is 6.61 Å². The van der Waals surface area contributed by atoms with Crippen molar-refractivity contribution < 1.29 is 14.1 Å². The quantitative estimate of drug-likeness (QED) is 0.568. The number of halogens is 2. The largest absolute Gasteiger partial charge is 0.482 e. The number of amides is 1. The van der Waals surface area contributed by atoms with Crippen molar-refractivity contribution in [1.29, 1.82) is 0 Å². The monoisotopic (exact) mass is 433 g/mol. The van der Waals surface area contributed by atoms with E-state index in [2.05, 4.69) is 15.5 Å². The summed E-state index contributed by atoms with van der Waals surface area (Å²) in [5.74, 6) is 0.834. The summed E-state index contributed by atoms with van der Waals surface area (Å²) in [6.07, 6.45) is 0. The maximum Gasteiger partial charge on any atom is 0.258 e. The first-order valence-corrected chi connectivity index (χ1v) is 9.76. The normalized spacial score (nSPS) is 12.4. The minimum atomic E-state index is -0.496. The van der Waals surface area contributed by atoms with Crippen LogP contribution < -0.4 is 10.1 Å². The fourth-order valence-corrected chi connectivity index (χ4v) is 3.11. The Balaban J connectivity index is 1.71. The number of carbonyl (C=O) groups is 1. The highest BCUT2D eigenvalue weighted by Gasteiger charge is 2.33. The van der Waals surface area contributed by atoms with E-state index in [0.717, 1.165) is 5.56 Å². The second-order valence-corrected chi connectivity index (χ2v) is 8.40. The predicted molar refractivity (Wildman–Crippen MR) is 112 cm³/mol. The Morgan fingerprint density at radius 3 is 2.55 bits per heavy atom. The molecule has 1 atom stereocenters. The second kappa shape index (κ2) is 8.84. The van der Waals surface area contributed by atoms with Gasteiger partial charge >= 0.3 is 0 Å². The van der Waals surface area contributed by atoms with Crippen LogP contribution >= 0.6 is 23.2 Å². The fraction of sp³-hybridized carbons (Fsp3) is 0.286. The predicted octanol–water partition coefficient (Wildman–Crippen LogP) is 5.33. The zero-order valence-electron chi connectivity index (χ0n) is 16.3. The van der Waals surface area contributed by atoms with Crippen molar-refractivity contribution in [2.24, 2.45) is 5.41 Å². The lowest BCUT2D eigenvalue weighted by Crippen LogP contribution is -2.39. The van der Waals surface area contributed by atoms with E-state index < -0.39 is 6.04 Å². The number of hydrogen-bond donors (Lipinski definition) is 1. The first kappa shape index (κ1) is 21.1. The average molecular weight is 434 g/mol. The molecule has 8 heteroatoms. The smallest absolute Gasteiger partial charge is 0.258 e. The topological polar surface area (TPSA) is 77.2 Å². The van der Waals surface area contributed by atoms with Gasteiger partial charge in [-0.3, -0.25) is 4.79 Å². The summed E-state index contributed by atoms with van der Waals surface area (Å²) in [6, 6.07) is 13.8. The molecule has 1 aromatic heterocycles. The van der Waals surface area contributed by atoms with Crippen LogP contribution in [-0.2, 0) is 4.79 Å². The zero-order valence-corrected chi connectivity index (χ0v) is 17.8. The number of carbonyl (C=O) groups excluding carboxylic acids is 1. The Bertz CT molecular complexity index is 984. The third kappa shape index (κ3) is 5.49. The molecular weight excluding hydrogens is 413 g/mol. The summed E-state index contributed by atoms with van der Waals surface area (Å²) in [7, 11) is 0. The van der Waals surface area contributed by atoms with Crippen LogP contribution in [0.2, 0.25) is 10.0 Å². The Morgan fingerprint density at radius 1 is 1.17 bits per heavy atom. The van der Waals surface area contributed by atoms with Gasteiger partial charge < -0.3 is 14.6 Å². The molecule has 0 aliphatic heterocycles. The third-order valence-corrected chi connectivity index (χ3v) is 4.68. The van der Waals surface area contributed by atoms with Gasteiger partial charge in [-0.15, -0.1) is 0 Å². The van der Waals surface area contributed by atoms with E-state index in [1.807, 2.05) is 51.1 Å². The molecule has 3 rings (SSSR count). The van der Waals surface area contributed by atoms with Crippen molar-refractivity contribution in [3.05, 3.63) is 64.5 Å². The molecule has 0 aliphatic carbocycles. The number of aromatic nitrogens is 2. The number of nitrogens with zero attached hydrogens (tertiary/aromatic N) is 2. The summed E-state index contributed by atoms with van der Waals surface area (Å²) in [6.45, 7) is 5.71. The van der Waals surface area contributed by atoms with Crippen LogP contribution in [0.4, 0.5) is 0 Å². The molecule has 0 radical (unpaired) electrons. The molecule has 0 aliphatic rings. The molecule has 0 saturated heterocycles. The summed E-state index contributed by atoms with van der Waals surface area (Å²) in [4.78, 5) is 17.0. The number of hydrogen-bond acceptors (Lipinski definition) is 5. The van der Waals surface area contributed by atoms with Gasteiger partial charge in [0.25, 0.3) is 5.91 Å². The third-order valence-electron chi connectivity index (χ3n) is 4.14.